The molecule has 1 saturated heterocycles. The zero-order chi connectivity index (χ0) is 21.1. The minimum absolute atomic E-state index is 0.0185. The molecule has 1 amide bonds. The Morgan fingerprint density at radius 1 is 1.24 bits per heavy atom. The lowest BCUT2D eigenvalue weighted by molar-refractivity contribution is -0.119. The lowest BCUT2D eigenvalue weighted by Gasteiger charge is -2.32. The number of piperidine rings is 1. The van der Waals surface area contributed by atoms with E-state index in [1.165, 1.54) is 13.0 Å². The molecule has 0 radical (unpaired) electrons. The Balaban J connectivity index is 1.92. The first-order valence-corrected chi connectivity index (χ1v) is 11.2. The van der Waals surface area contributed by atoms with E-state index in [1.807, 2.05) is 32.0 Å². The van der Waals surface area contributed by atoms with Crippen molar-refractivity contribution < 1.29 is 4.79 Å². The van der Waals surface area contributed by atoms with Gasteiger partial charge in [0.1, 0.15) is 0 Å². The van der Waals surface area contributed by atoms with E-state index in [-0.39, 0.29) is 11.8 Å². The highest BCUT2D eigenvalue weighted by Gasteiger charge is 2.19. The van der Waals surface area contributed by atoms with E-state index in [0.717, 1.165) is 56.1 Å². The first-order valence-electron chi connectivity index (χ1n) is 11.2. The smallest absolute Gasteiger partial charge is 0.227 e. The second kappa shape index (κ2) is 12.5. The van der Waals surface area contributed by atoms with Gasteiger partial charge in [-0.25, -0.2) is 4.99 Å². The molecule has 29 heavy (non-hydrogen) atoms. The van der Waals surface area contributed by atoms with Crippen LogP contribution in [0, 0.1) is 5.92 Å². The molecular formula is C23H39N5O. The molecule has 0 saturated carbocycles. The Morgan fingerprint density at radius 3 is 2.66 bits per heavy atom. The van der Waals surface area contributed by atoms with Crippen LogP contribution in [0.4, 0.5) is 5.69 Å². The van der Waals surface area contributed by atoms with Gasteiger partial charge in [0.25, 0.3) is 0 Å². The summed E-state index contributed by atoms with van der Waals surface area (Å²) in [6.07, 6.45) is 4.37. The van der Waals surface area contributed by atoms with Crippen molar-refractivity contribution in [2.24, 2.45) is 10.9 Å². The van der Waals surface area contributed by atoms with Crippen molar-refractivity contribution >= 4 is 17.6 Å². The average molecular weight is 402 g/mol. The van der Waals surface area contributed by atoms with Crippen LogP contribution in [0.15, 0.2) is 29.3 Å². The Hall–Kier alpha value is -2.08. The minimum atomic E-state index is 0.0185. The van der Waals surface area contributed by atoms with Crippen molar-refractivity contribution in [3.63, 3.8) is 0 Å². The quantitative estimate of drug-likeness (QED) is 0.437. The molecule has 2 rings (SSSR count). The SMILES string of the molecule is CCCN1CCC(NC(=NCc2cccc(NC(=O)C(C)CC)c2)NCC)CC1. The van der Waals surface area contributed by atoms with Crippen LogP contribution in [0.5, 0.6) is 0 Å². The highest BCUT2D eigenvalue weighted by Crippen LogP contribution is 2.14. The summed E-state index contributed by atoms with van der Waals surface area (Å²) in [7, 11) is 0. The first kappa shape index (κ1) is 23.2. The summed E-state index contributed by atoms with van der Waals surface area (Å²) in [5.74, 6) is 0.957. The molecule has 1 aromatic carbocycles. The van der Waals surface area contributed by atoms with Crippen LogP contribution in [0.2, 0.25) is 0 Å². The summed E-state index contributed by atoms with van der Waals surface area (Å²) >= 11 is 0. The number of hydrogen-bond acceptors (Lipinski definition) is 3. The number of anilines is 1. The van der Waals surface area contributed by atoms with Gasteiger partial charge in [-0.2, -0.15) is 0 Å². The maximum absolute atomic E-state index is 12.1. The highest BCUT2D eigenvalue weighted by atomic mass is 16.1. The van der Waals surface area contributed by atoms with Crippen LogP contribution < -0.4 is 16.0 Å². The number of nitrogens with zero attached hydrogens (tertiary/aromatic N) is 2. The average Bonchev–Trinajstić information content (AvgIpc) is 2.73. The van der Waals surface area contributed by atoms with Gasteiger partial charge >= 0.3 is 0 Å². The monoisotopic (exact) mass is 401 g/mol. The molecule has 1 atom stereocenters. The van der Waals surface area contributed by atoms with Gasteiger partial charge in [-0.15, -0.1) is 0 Å². The third-order valence-corrected chi connectivity index (χ3v) is 5.49. The number of hydrogen-bond donors (Lipinski definition) is 3. The zero-order valence-corrected chi connectivity index (χ0v) is 18.6. The van der Waals surface area contributed by atoms with Gasteiger partial charge < -0.3 is 20.9 Å². The molecule has 6 heteroatoms. The number of amides is 1. The number of rotatable bonds is 9. The van der Waals surface area contributed by atoms with E-state index in [1.54, 1.807) is 0 Å². The second-order valence-corrected chi connectivity index (χ2v) is 7.95. The number of aliphatic imine (C=N–C) groups is 1. The minimum Gasteiger partial charge on any atom is -0.357 e. The third-order valence-electron chi connectivity index (χ3n) is 5.49. The molecule has 162 valence electrons. The number of guanidine groups is 1. The molecule has 3 N–H and O–H groups in total. The summed E-state index contributed by atoms with van der Waals surface area (Å²) in [6, 6.07) is 8.44. The topological polar surface area (TPSA) is 68.8 Å². The fourth-order valence-electron chi connectivity index (χ4n) is 3.50. The van der Waals surface area contributed by atoms with Crippen LogP contribution >= 0.6 is 0 Å². The lowest BCUT2D eigenvalue weighted by atomic mass is 10.1. The van der Waals surface area contributed by atoms with Gasteiger partial charge in [0, 0.05) is 37.3 Å². The molecule has 0 spiro atoms. The molecule has 6 nitrogen and oxygen atoms in total. The molecule has 1 aliphatic heterocycles. The molecule has 1 aromatic rings. The standard InChI is InChI=1S/C23H39N5O/c1-5-13-28-14-11-20(12-15-28)27-23(24-7-3)25-17-19-9-8-10-21(16-19)26-22(29)18(4)6-2/h8-10,16,18,20H,5-7,11-15,17H2,1-4H3,(H,26,29)(H2,24,25,27). The van der Waals surface area contributed by atoms with Crippen LogP contribution in [0.25, 0.3) is 0 Å². The number of likely N-dealkylation sites (tertiary alicyclic amines) is 1. The van der Waals surface area contributed by atoms with Crippen LogP contribution in [-0.4, -0.2) is 49.0 Å². The lowest BCUT2D eigenvalue weighted by Crippen LogP contribution is -2.48. The van der Waals surface area contributed by atoms with Gasteiger partial charge in [-0.05, 0) is 56.8 Å². The fraction of sp³-hybridized carbons (Fsp3) is 0.652. The van der Waals surface area contributed by atoms with Crippen molar-refractivity contribution in [2.75, 3.05) is 31.5 Å². The Kier molecular flexibility index (Phi) is 9.98. The number of nitrogens with one attached hydrogen (secondary N) is 3. The number of carbonyl (C=O) groups is 1. The van der Waals surface area contributed by atoms with Crippen LogP contribution in [0.1, 0.15) is 58.9 Å². The summed E-state index contributed by atoms with van der Waals surface area (Å²) in [4.78, 5) is 19.4. The maximum Gasteiger partial charge on any atom is 0.227 e. The molecule has 1 fully saturated rings. The van der Waals surface area contributed by atoms with Gasteiger partial charge in [0.15, 0.2) is 5.96 Å². The summed E-state index contributed by atoms with van der Waals surface area (Å²) in [6.45, 7) is 13.2. The zero-order valence-electron chi connectivity index (χ0n) is 18.6. The van der Waals surface area contributed by atoms with Crippen molar-refractivity contribution in [1.29, 1.82) is 0 Å². The van der Waals surface area contributed by atoms with Gasteiger partial charge in [-0.3, -0.25) is 4.79 Å². The number of carbonyl (C=O) groups excluding carboxylic acids is 1. The predicted octanol–water partition coefficient (Wildman–Crippen LogP) is 3.60. The van der Waals surface area contributed by atoms with E-state index in [4.69, 9.17) is 4.99 Å². The molecule has 0 aliphatic carbocycles. The van der Waals surface area contributed by atoms with E-state index in [9.17, 15) is 4.79 Å². The molecule has 0 bridgehead atoms. The molecule has 0 aromatic heterocycles. The van der Waals surface area contributed by atoms with E-state index in [2.05, 4.69) is 40.8 Å². The second-order valence-electron chi connectivity index (χ2n) is 7.95. The highest BCUT2D eigenvalue weighted by molar-refractivity contribution is 5.92. The summed E-state index contributed by atoms with van der Waals surface area (Å²) < 4.78 is 0. The molecule has 1 heterocycles. The van der Waals surface area contributed by atoms with Gasteiger partial charge in [0.2, 0.25) is 5.91 Å². The Labute approximate surface area is 176 Å². The fourth-order valence-corrected chi connectivity index (χ4v) is 3.50. The Bertz CT molecular complexity index is 652. The molecular weight excluding hydrogens is 362 g/mol. The van der Waals surface area contributed by atoms with Crippen LogP contribution in [0.3, 0.4) is 0 Å². The van der Waals surface area contributed by atoms with Crippen molar-refractivity contribution in [3.8, 4) is 0 Å². The van der Waals surface area contributed by atoms with Crippen molar-refractivity contribution in [1.82, 2.24) is 15.5 Å². The maximum atomic E-state index is 12.1. The van der Waals surface area contributed by atoms with Crippen molar-refractivity contribution in [2.45, 2.75) is 66.0 Å². The van der Waals surface area contributed by atoms with E-state index >= 15 is 0 Å². The number of benzene rings is 1. The van der Waals surface area contributed by atoms with Gasteiger partial charge in [-0.1, -0.05) is 32.9 Å². The van der Waals surface area contributed by atoms with Crippen LogP contribution in [-0.2, 0) is 11.3 Å². The molecule has 1 unspecified atom stereocenters. The first-order chi connectivity index (χ1) is 14.0. The van der Waals surface area contributed by atoms with Gasteiger partial charge in [0.05, 0.1) is 6.54 Å². The van der Waals surface area contributed by atoms with Crippen molar-refractivity contribution in [3.05, 3.63) is 29.8 Å². The molecule has 1 aliphatic rings. The largest absolute Gasteiger partial charge is 0.357 e. The predicted molar refractivity (Wildman–Crippen MR) is 122 cm³/mol. The third kappa shape index (κ3) is 8.05. The summed E-state index contributed by atoms with van der Waals surface area (Å²) in [5.41, 5.74) is 1.92. The normalized spacial score (nSPS) is 17.0. The Morgan fingerprint density at radius 2 is 2.00 bits per heavy atom. The summed E-state index contributed by atoms with van der Waals surface area (Å²) in [5, 5.41) is 9.97. The van der Waals surface area contributed by atoms with E-state index in [0.29, 0.717) is 12.6 Å². The van der Waals surface area contributed by atoms with E-state index < -0.39 is 0 Å².